The fourth-order valence-corrected chi connectivity index (χ4v) is 2.94. The molecule has 0 aliphatic rings. The van der Waals surface area contributed by atoms with Gasteiger partial charge in [0.2, 0.25) is 0 Å². The molecule has 6 nitrogen and oxygen atoms in total. The quantitative estimate of drug-likeness (QED) is 0.480. The van der Waals surface area contributed by atoms with Gasteiger partial charge >= 0.3 is 12.2 Å². The van der Waals surface area contributed by atoms with Gasteiger partial charge in [0.25, 0.3) is 0 Å². The third kappa shape index (κ3) is 4.91. The molecule has 9 heteroatoms. The van der Waals surface area contributed by atoms with Crippen molar-refractivity contribution in [3.8, 4) is 17.0 Å². The van der Waals surface area contributed by atoms with E-state index in [1.807, 2.05) is 19.1 Å². The lowest BCUT2D eigenvalue weighted by Gasteiger charge is -2.11. The lowest BCUT2D eigenvalue weighted by atomic mass is 10.1. The first-order valence-electron chi connectivity index (χ1n) is 9.28. The Hall–Kier alpha value is -3.49. The fraction of sp³-hybridized carbons (Fsp3) is 0.238. The number of aromatic nitrogens is 2. The Bertz CT molecular complexity index is 1010. The number of benzene rings is 2. The molecule has 0 spiro atoms. The normalized spacial score (nSPS) is 11.2. The molecule has 2 amide bonds. The second-order valence-corrected chi connectivity index (χ2v) is 6.56. The van der Waals surface area contributed by atoms with E-state index >= 15 is 0 Å². The Morgan fingerprint density at radius 2 is 1.87 bits per heavy atom. The zero-order valence-corrected chi connectivity index (χ0v) is 16.4. The molecule has 0 saturated heterocycles. The van der Waals surface area contributed by atoms with Crippen LogP contribution in [0.3, 0.4) is 0 Å². The first-order valence-corrected chi connectivity index (χ1v) is 9.28. The van der Waals surface area contributed by atoms with Gasteiger partial charge in [-0.05, 0) is 42.8 Å². The number of rotatable bonds is 6. The fourth-order valence-electron chi connectivity index (χ4n) is 2.94. The maximum absolute atomic E-state index is 12.7. The average Bonchev–Trinajstić information content (AvgIpc) is 3.10. The van der Waals surface area contributed by atoms with Gasteiger partial charge in [0.1, 0.15) is 11.4 Å². The van der Waals surface area contributed by atoms with Gasteiger partial charge in [0.15, 0.2) is 0 Å². The number of hydrogen-bond donors (Lipinski definition) is 3. The molecule has 0 radical (unpaired) electrons. The van der Waals surface area contributed by atoms with Crippen LogP contribution < -0.4 is 15.4 Å². The van der Waals surface area contributed by atoms with Crippen LogP contribution in [0.2, 0.25) is 0 Å². The number of halogens is 3. The largest absolute Gasteiger partial charge is 0.497 e. The second-order valence-electron chi connectivity index (χ2n) is 6.56. The van der Waals surface area contributed by atoms with Crippen molar-refractivity contribution >= 4 is 17.4 Å². The van der Waals surface area contributed by atoms with Crippen molar-refractivity contribution < 1.29 is 22.7 Å². The van der Waals surface area contributed by atoms with Gasteiger partial charge in [-0.2, -0.15) is 18.3 Å². The summed E-state index contributed by atoms with van der Waals surface area (Å²) in [7, 11) is 1.56. The summed E-state index contributed by atoms with van der Waals surface area (Å²) in [6, 6.07) is 10.9. The molecule has 0 aliphatic heterocycles. The smallest absolute Gasteiger partial charge is 0.416 e. The molecule has 0 bridgehead atoms. The Morgan fingerprint density at radius 3 is 2.50 bits per heavy atom. The van der Waals surface area contributed by atoms with Gasteiger partial charge in [-0.1, -0.05) is 25.5 Å². The van der Waals surface area contributed by atoms with Crippen LogP contribution in [-0.2, 0) is 12.6 Å². The number of anilines is 2. The SMILES string of the molecule is CCCc1[nH]nc(-c2cccc(OC)c2)c1NC(=O)Nc1ccc(C(F)(F)F)cc1. The molecule has 3 aromatic rings. The van der Waals surface area contributed by atoms with Gasteiger partial charge < -0.3 is 15.4 Å². The number of aromatic amines is 1. The number of nitrogens with zero attached hydrogens (tertiary/aromatic N) is 1. The number of aryl methyl sites for hydroxylation is 1. The van der Waals surface area contributed by atoms with E-state index in [9.17, 15) is 18.0 Å². The highest BCUT2D eigenvalue weighted by Gasteiger charge is 2.30. The van der Waals surface area contributed by atoms with Crippen molar-refractivity contribution in [2.75, 3.05) is 17.7 Å². The van der Waals surface area contributed by atoms with E-state index in [-0.39, 0.29) is 5.69 Å². The maximum Gasteiger partial charge on any atom is 0.416 e. The molecule has 0 atom stereocenters. The molecule has 30 heavy (non-hydrogen) atoms. The van der Waals surface area contributed by atoms with Crippen LogP contribution in [0, 0.1) is 0 Å². The van der Waals surface area contributed by atoms with E-state index in [0.29, 0.717) is 23.6 Å². The number of H-pyrrole nitrogens is 1. The number of nitrogens with one attached hydrogen (secondary N) is 3. The van der Waals surface area contributed by atoms with Crippen molar-refractivity contribution in [1.29, 1.82) is 0 Å². The zero-order chi connectivity index (χ0) is 21.7. The van der Waals surface area contributed by atoms with Crippen LogP contribution in [0.15, 0.2) is 48.5 Å². The number of methoxy groups -OCH3 is 1. The predicted octanol–water partition coefficient (Wildman–Crippen LogP) is 5.70. The van der Waals surface area contributed by atoms with Gasteiger partial charge in [-0.15, -0.1) is 0 Å². The number of ether oxygens (including phenoxy) is 1. The first kappa shape index (κ1) is 21.2. The molecule has 158 valence electrons. The van der Waals surface area contributed by atoms with Crippen LogP contribution in [0.5, 0.6) is 5.75 Å². The summed E-state index contributed by atoms with van der Waals surface area (Å²) in [5.74, 6) is 0.646. The molecule has 0 fully saturated rings. The Balaban J connectivity index is 1.82. The molecule has 3 N–H and O–H groups in total. The molecule has 1 heterocycles. The van der Waals surface area contributed by atoms with Crippen molar-refractivity contribution in [2.45, 2.75) is 25.9 Å². The Labute approximate surface area is 171 Å². The highest BCUT2D eigenvalue weighted by atomic mass is 19.4. The predicted molar refractivity (Wildman–Crippen MR) is 109 cm³/mol. The van der Waals surface area contributed by atoms with Crippen LogP contribution in [0.1, 0.15) is 24.6 Å². The van der Waals surface area contributed by atoms with Crippen LogP contribution >= 0.6 is 0 Å². The van der Waals surface area contributed by atoms with Gasteiger partial charge in [-0.3, -0.25) is 5.10 Å². The summed E-state index contributed by atoms with van der Waals surface area (Å²) < 4.78 is 43.3. The maximum atomic E-state index is 12.7. The second kappa shape index (κ2) is 8.89. The van der Waals surface area contributed by atoms with E-state index in [1.165, 1.54) is 12.1 Å². The summed E-state index contributed by atoms with van der Waals surface area (Å²) in [4.78, 5) is 12.5. The first-order chi connectivity index (χ1) is 14.3. The van der Waals surface area contributed by atoms with Crippen LogP contribution in [0.25, 0.3) is 11.3 Å². The van der Waals surface area contributed by atoms with Crippen molar-refractivity contribution in [3.05, 3.63) is 59.8 Å². The molecular formula is C21H21F3N4O2. The Kier molecular flexibility index (Phi) is 6.29. The number of carbonyl (C=O) groups excluding carboxylic acids is 1. The number of carbonyl (C=O) groups is 1. The lowest BCUT2D eigenvalue weighted by Crippen LogP contribution is -2.20. The van der Waals surface area contributed by atoms with Crippen molar-refractivity contribution in [2.24, 2.45) is 0 Å². The highest BCUT2D eigenvalue weighted by Crippen LogP contribution is 2.32. The molecular weight excluding hydrogens is 397 g/mol. The Morgan fingerprint density at radius 1 is 1.13 bits per heavy atom. The summed E-state index contributed by atoms with van der Waals surface area (Å²) in [6.07, 6.45) is -2.94. The van der Waals surface area contributed by atoms with E-state index < -0.39 is 17.8 Å². The van der Waals surface area contributed by atoms with Crippen molar-refractivity contribution in [3.63, 3.8) is 0 Å². The summed E-state index contributed by atoms with van der Waals surface area (Å²) in [6.45, 7) is 2.00. The monoisotopic (exact) mass is 418 g/mol. The molecule has 0 saturated carbocycles. The number of amides is 2. The van der Waals surface area contributed by atoms with Gasteiger partial charge in [-0.25, -0.2) is 4.79 Å². The van der Waals surface area contributed by atoms with Gasteiger partial charge in [0, 0.05) is 11.3 Å². The number of urea groups is 1. The molecule has 0 unspecified atom stereocenters. The summed E-state index contributed by atoms with van der Waals surface area (Å²) in [5.41, 5.74) is 2.00. The average molecular weight is 418 g/mol. The van der Waals surface area contributed by atoms with E-state index in [0.717, 1.165) is 29.8 Å². The zero-order valence-electron chi connectivity index (χ0n) is 16.4. The van der Waals surface area contributed by atoms with Gasteiger partial charge in [0.05, 0.1) is 24.1 Å². The molecule has 1 aromatic heterocycles. The number of hydrogen-bond acceptors (Lipinski definition) is 3. The summed E-state index contributed by atoms with van der Waals surface area (Å²) >= 11 is 0. The standard InChI is InChI=1S/C21H21F3N4O2/c1-3-5-17-19(18(28-27-17)13-6-4-7-16(12-13)30-2)26-20(29)25-15-10-8-14(9-11-15)21(22,23)24/h4,6-12H,3,5H2,1-2H3,(H,27,28)(H2,25,26,29). The molecule has 3 rings (SSSR count). The third-order valence-electron chi connectivity index (χ3n) is 4.39. The topological polar surface area (TPSA) is 79.0 Å². The third-order valence-corrected chi connectivity index (χ3v) is 4.39. The molecule has 0 aliphatic carbocycles. The summed E-state index contributed by atoms with van der Waals surface area (Å²) in [5, 5.41) is 12.6. The van der Waals surface area contributed by atoms with E-state index in [1.54, 1.807) is 19.2 Å². The molecule has 2 aromatic carbocycles. The lowest BCUT2D eigenvalue weighted by molar-refractivity contribution is -0.137. The minimum atomic E-state index is -4.43. The van der Waals surface area contributed by atoms with Crippen LogP contribution in [0.4, 0.5) is 29.3 Å². The minimum absolute atomic E-state index is 0.240. The van der Waals surface area contributed by atoms with E-state index in [2.05, 4.69) is 20.8 Å². The van der Waals surface area contributed by atoms with Crippen LogP contribution in [-0.4, -0.2) is 23.3 Å². The van der Waals surface area contributed by atoms with Crippen molar-refractivity contribution in [1.82, 2.24) is 10.2 Å². The minimum Gasteiger partial charge on any atom is -0.497 e. The highest BCUT2D eigenvalue weighted by molar-refractivity contribution is 6.02. The number of alkyl halides is 3. The van der Waals surface area contributed by atoms with E-state index in [4.69, 9.17) is 4.74 Å².